The second-order valence-corrected chi connectivity index (χ2v) is 9.67. The lowest BCUT2D eigenvalue weighted by molar-refractivity contribution is 0.0636. The van der Waals surface area contributed by atoms with E-state index in [0.29, 0.717) is 49.9 Å². The molecular formula is C20H27N5O4S. The molecule has 9 nitrogen and oxygen atoms in total. The first-order valence-electron chi connectivity index (χ1n) is 10.3. The normalized spacial score (nSPS) is 18.8. The second kappa shape index (κ2) is 8.83. The summed E-state index contributed by atoms with van der Waals surface area (Å²) in [5.74, 6) is 1.14. The quantitative estimate of drug-likeness (QED) is 0.674. The average Bonchev–Trinajstić information content (AvgIpc) is 3.45. The van der Waals surface area contributed by atoms with Crippen LogP contribution >= 0.6 is 0 Å². The van der Waals surface area contributed by atoms with Crippen molar-refractivity contribution in [3.8, 4) is 0 Å². The van der Waals surface area contributed by atoms with Crippen molar-refractivity contribution < 1.29 is 17.6 Å². The minimum atomic E-state index is -3.46. The lowest BCUT2D eigenvalue weighted by atomic mass is 10.2. The van der Waals surface area contributed by atoms with Crippen molar-refractivity contribution >= 4 is 15.9 Å². The predicted molar refractivity (Wildman–Crippen MR) is 110 cm³/mol. The molecular weight excluding hydrogens is 406 g/mol. The van der Waals surface area contributed by atoms with Gasteiger partial charge in [0.1, 0.15) is 0 Å². The van der Waals surface area contributed by atoms with E-state index in [9.17, 15) is 13.2 Å². The molecule has 0 aliphatic carbocycles. The maximum absolute atomic E-state index is 12.8. The highest BCUT2D eigenvalue weighted by Gasteiger charge is 2.28. The highest BCUT2D eigenvalue weighted by atomic mass is 32.2. The van der Waals surface area contributed by atoms with E-state index in [1.807, 2.05) is 4.90 Å². The maximum atomic E-state index is 12.8. The van der Waals surface area contributed by atoms with E-state index in [2.05, 4.69) is 15.1 Å². The Kier molecular flexibility index (Phi) is 6.16. The fourth-order valence-corrected chi connectivity index (χ4v) is 5.41. The Morgan fingerprint density at radius 3 is 2.27 bits per heavy atom. The number of carbonyl (C=O) groups is 1. The van der Waals surface area contributed by atoms with Crippen molar-refractivity contribution in [2.24, 2.45) is 0 Å². The summed E-state index contributed by atoms with van der Waals surface area (Å²) >= 11 is 0. The zero-order valence-corrected chi connectivity index (χ0v) is 18.0. The molecule has 0 bridgehead atoms. The first kappa shape index (κ1) is 21.0. The van der Waals surface area contributed by atoms with Gasteiger partial charge in [0.25, 0.3) is 5.91 Å². The lowest BCUT2D eigenvalue weighted by Crippen LogP contribution is -2.49. The molecule has 0 saturated carbocycles. The van der Waals surface area contributed by atoms with Gasteiger partial charge in [-0.1, -0.05) is 0 Å². The standard InChI is InChI=1S/C20H27N5O4S/c1-16-21-22-19(29-16)8-11-23-12-14-24(15-13-23)20(26)17-4-6-18(7-5-17)30(27,28)25-9-2-3-10-25/h4-7H,2-3,8-15H2,1H3. The van der Waals surface area contributed by atoms with Gasteiger partial charge in [0.2, 0.25) is 21.8 Å². The van der Waals surface area contributed by atoms with Crippen LogP contribution in [0.25, 0.3) is 0 Å². The molecule has 10 heteroatoms. The molecule has 2 aliphatic rings. The molecule has 0 N–H and O–H groups in total. The summed E-state index contributed by atoms with van der Waals surface area (Å²) in [5, 5.41) is 7.84. The van der Waals surface area contributed by atoms with Crippen LogP contribution in [0.4, 0.5) is 0 Å². The number of hydrogen-bond donors (Lipinski definition) is 0. The van der Waals surface area contributed by atoms with Crippen LogP contribution in [0.2, 0.25) is 0 Å². The van der Waals surface area contributed by atoms with Crippen LogP contribution in [0.15, 0.2) is 33.6 Å². The molecule has 2 aromatic rings. The number of aromatic nitrogens is 2. The van der Waals surface area contributed by atoms with Crippen LogP contribution in [0.5, 0.6) is 0 Å². The van der Waals surface area contributed by atoms with Crippen LogP contribution in [-0.4, -0.2) is 84.4 Å². The fourth-order valence-electron chi connectivity index (χ4n) is 3.90. The summed E-state index contributed by atoms with van der Waals surface area (Å²) in [7, 11) is -3.46. The molecule has 2 saturated heterocycles. The topological polar surface area (TPSA) is 99.8 Å². The first-order valence-corrected chi connectivity index (χ1v) is 11.8. The van der Waals surface area contributed by atoms with Crippen molar-refractivity contribution in [1.29, 1.82) is 0 Å². The molecule has 4 rings (SSSR count). The molecule has 162 valence electrons. The first-order chi connectivity index (χ1) is 14.4. The highest BCUT2D eigenvalue weighted by molar-refractivity contribution is 7.89. The van der Waals surface area contributed by atoms with Crippen LogP contribution in [0.3, 0.4) is 0 Å². The molecule has 2 aliphatic heterocycles. The van der Waals surface area contributed by atoms with E-state index < -0.39 is 10.0 Å². The monoisotopic (exact) mass is 433 g/mol. The van der Waals surface area contributed by atoms with Crippen LogP contribution < -0.4 is 0 Å². The van der Waals surface area contributed by atoms with E-state index >= 15 is 0 Å². The third kappa shape index (κ3) is 4.55. The zero-order chi connectivity index (χ0) is 21.1. The van der Waals surface area contributed by atoms with Gasteiger partial charge < -0.3 is 9.32 Å². The molecule has 0 radical (unpaired) electrons. The summed E-state index contributed by atoms with van der Waals surface area (Å²) in [6.07, 6.45) is 2.49. The van der Waals surface area contributed by atoms with Crippen LogP contribution in [0, 0.1) is 6.92 Å². The number of hydrogen-bond acceptors (Lipinski definition) is 7. The Bertz CT molecular complexity index is 975. The summed E-state index contributed by atoms with van der Waals surface area (Å²) in [4.78, 5) is 17.2. The van der Waals surface area contributed by atoms with Crippen molar-refractivity contribution in [2.45, 2.75) is 31.1 Å². The number of rotatable bonds is 6. The zero-order valence-electron chi connectivity index (χ0n) is 17.2. The van der Waals surface area contributed by atoms with Gasteiger partial charge in [0, 0.05) is 64.7 Å². The van der Waals surface area contributed by atoms with Gasteiger partial charge in [-0.15, -0.1) is 10.2 Å². The number of aryl methyl sites for hydroxylation is 1. The highest BCUT2D eigenvalue weighted by Crippen LogP contribution is 2.21. The molecule has 0 spiro atoms. The Balaban J connectivity index is 1.30. The Morgan fingerprint density at radius 1 is 1.00 bits per heavy atom. The van der Waals surface area contributed by atoms with Crippen LogP contribution in [0.1, 0.15) is 35.0 Å². The number of nitrogens with zero attached hydrogens (tertiary/aromatic N) is 5. The summed E-state index contributed by atoms with van der Waals surface area (Å²) in [6, 6.07) is 6.33. The van der Waals surface area contributed by atoms with Gasteiger partial charge in [0.15, 0.2) is 0 Å². The van der Waals surface area contributed by atoms with Gasteiger partial charge in [-0.05, 0) is 37.1 Å². The van der Waals surface area contributed by atoms with E-state index in [4.69, 9.17) is 4.42 Å². The van der Waals surface area contributed by atoms with Crippen molar-refractivity contribution in [3.63, 3.8) is 0 Å². The lowest BCUT2D eigenvalue weighted by Gasteiger charge is -2.34. The largest absolute Gasteiger partial charge is 0.426 e. The number of piperazine rings is 1. The Morgan fingerprint density at radius 2 is 1.67 bits per heavy atom. The number of carbonyl (C=O) groups excluding carboxylic acids is 1. The summed E-state index contributed by atoms with van der Waals surface area (Å²) in [6.45, 7) is 6.55. The molecule has 1 aromatic carbocycles. The second-order valence-electron chi connectivity index (χ2n) is 7.73. The fraction of sp³-hybridized carbons (Fsp3) is 0.550. The van der Waals surface area contributed by atoms with Crippen molar-refractivity contribution in [3.05, 3.63) is 41.6 Å². The average molecular weight is 434 g/mol. The Labute approximate surface area is 176 Å². The third-order valence-electron chi connectivity index (χ3n) is 5.67. The molecule has 0 unspecified atom stereocenters. The van der Waals surface area contributed by atoms with Crippen LogP contribution in [-0.2, 0) is 16.4 Å². The summed E-state index contributed by atoms with van der Waals surface area (Å²) < 4.78 is 32.2. The maximum Gasteiger partial charge on any atom is 0.253 e. The minimum absolute atomic E-state index is 0.0627. The molecule has 1 amide bonds. The van der Waals surface area contributed by atoms with Gasteiger partial charge in [-0.25, -0.2) is 8.42 Å². The number of sulfonamides is 1. The molecule has 30 heavy (non-hydrogen) atoms. The van der Waals surface area contributed by atoms with Gasteiger partial charge in [0.05, 0.1) is 4.90 Å². The van der Waals surface area contributed by atoms with Gasteiger partial charge in [-0.2, -0.15) is 4.31 Å². The molecule has 3 heterocycles. The predicted octanol–water partition coefficient (Wildman–Crippen LogP) is 1.16. The van der Waals surface area contributed by atoms with Crippen molar-refractivity contribution in [2.75, 3.05) is 45.8 Å². The molecule has 2 fully saturated rings. The number of benzene rings is 1. The van der Waals surface area contributed by atoms with Crippen molar-refractivity contribution in [1.82, 2.24) is 24.3 Å². The van der Waals surface area contributed by atoms with Gasteiger partial charge >= 0.3 is 0 Å². The molecule has 1 aromatic heterocycles. The Hall–Kier alpha value is -2.30. The SMILES string of the molecule is Cc1nnc(CCN2CCN(C(=O)c3ccc(S(=O)(=O)N4CCCC4)cc3)CC2)o1. The number of amides is 1. The smallest absolute Gasteiger partial charge is 0.253 e. The third-order valence-corrected chi connectivity index (χ3v) is 7.59. The van der Waals surface area contributed by atoms with E-state index in [0.717, 1.165) is 32.5 Å². The summed E-state index contributed by atoms with van der Waals surface area (Å²) in [5.41, 5.74) is 0.519. The van der Waals surface area contributed by atoms with E-state index in [1.165, 1.54) is 4.31 Å². The minimum Gasteiger partial charge on any atom is -0.426 e. The van der Waals surface area contributed by atoms with E-state index in [-0.39, 0.29) is 10.8 Å². The molecule has 0 atom stereocenters. The van der Waals surface area contributed by atoms with Gasteiger partial charge in [-0.3, -0.25) is 9.69 Å². The van der Waals surface area contributed by atoms with E-state index in [1.54, 1.807) is 31.2 Å².